The van der Waals surface area contributed by atoms with Crippen molar-refractivity contribution in [1.82, 2.24) is 9.97 Å². The first kappa shape index (κ1) is 22.2. The highest BCUT2D eigenvalue weighted by atomic mass is 32.1. The summed E-state index contributed by atoms with van der Waals surface area (Å²) in [4.78, 5) is 34.6. The maximum Gasteiger partial charge on any atom is 0.412 e. The number of imidazole rings is 1. The number of benzene rings is 2. The van der Waals surface area contributed by atoms with Crippen molar-refractivity contribution in [3.05, 3.63) is 65.3 Å². The molecule has 0 radical (unpaired) electrons. The SMILES string of the molecule is CC(C)(C)OC(=O)Nc1ccc(-c2cccs2)cc1NC(=O)c1ccc2nc(C3CC3)[nH]c2c1. The molecule has 1 aliphatic rings. The summed E-state index contributed by atoms with van der Waals surface area (Å²) >= 11 is 1.60. The molecule has 2 aromatic heterocycles. The van der Waals surface area contributed by atoms with Gasteiger partial charge in [-0.05, 0) is 81.0 Å². The Morgan fingerprint density at radius 3 is 2.59 bits per heavy atom. The number of aromatic amines is 1. The third-order valence-electron chi connectivity index (χ3n) is 5.44. The number of hydrogen-bond donors (Lipinski definition) is 3. The van der Waals surface area contributed by atoms with Gasteiger partial charge in [0.25, 0.3) is 5.91 Å². The lowest BCUT2D eigenvalue weighted by Crippen LogP contribution is -2.27. The number of amides is 2. The predicted octanol–water partition coefficient (Wildman–Crippen LogP) is 6.77. The van der Waals surface area contributed by atoms with E-state index in [4.69, 9.17) is 4.74 Å². The highest BCUT2D eigenvalue weighted by Crippen LogP contribution is 2.39. The van der Waals surface area contributed by atoms with E-state index < -0.39 is 11.7 Å². The molecule has 34 heavy (non-hydrogen) atoms. The van der Waals surface area contributed by atoms with Crippen LogP contribution in [0.5, 0.6) is 0 Å². The van der Waals surface area contributed by atoms with E-state index in [2.05, 4.69) is 20.6 Å². The minimum Gasteiger partial charge on any atom is -0.444 e. The first-order valence-electron chi connectivity index (χ1n) is 11.2. The summed E-state index contributed by atoms with van der Waals surface area (Å²) in [5.74, 6) is 1.21. The molecule has 7 nitrogen and oxygen atoms in total. The Labute approximate surface area is 201 Å². The summed E-state index contributed by atoms with van der Waals surface area (Å²) in [7, 11) is 0. The molecule has 174 valence electrons. The lowest BCUT2D eigenvalue weighted by Gasteiger charge is -2.21. The summed E-state index contributed by atoms with van der Waals surface area (Å²) in [5, 5.41) is 7.72. The standard InChI is InChI=1S/C26H26N4O3S/c1-26(2,3)33-25(32)30-19-10-8-16(22-5-4-12-34-22)13-21(19)29-24(31)17-9-11-18-20(14-17)28-23(27-18)15-6-7-15/h4-5,8-15H,6-7H2,1-3H3,(H,27,28)(H,29,31)(H,30,32). The van der Waals surface area contributed by atoms with Crippen LogP contribution in [-0.4, -0.2) is 27.6 Å². The summed E-state index contributed by atoms with van der Waals surface area (Å²) in [6.45, 7) is 5.40. The second-order valence-corrected chi connectivity index (χ2v) is 10.4. The minimum atomic E-state index is -0.636. The molecule has 8 heteroatoms. The maximum atomic E-state index is 13.2. The first-order chi connectivity index (χ1) is 16.2. The van der Waals surface area contributed by atoms with Crippen LogP contribution in [-0.2, 0) is 4.74 Å². The average Bonchev–Trinajstić information content (AvgIpc) is 3.30. The Bertz CT molecular complexity index is 1360. The Hall–Kier alpha value is -3.65. The van der Waals surface area contributed by atoms with Gasteiger partial charge >= 0.3 is 6.09 Å². The van der Waals surface area contributed by atoms with Gasteiger partial charge in [-0.25, -0.2) is 9.78 Å². The number of fused-ring (bicyclic) bond motifs is 1. The van der Waals surface area contributed by atoms with E-state index in [1.54, 1.807) is 44.2 Å². The first-order valence-corrected chi connectivity index (χ1v) is 12.1. The fraction of sp³-hybridized carbons (Fsp3) is 0.269. The third-order valence-corrected chi connectivity index (χ3v) is 6.35. The molecule has 0 bridgehead atoms. The van der Waals surface area contributed by atoms with Crippen molar-refractivity contribution in [3.63, 3.8) is 0 Å². The number of rotatable bonds is 5. The highest BCUT2D eigenvalue weighted by molar-refractivity contribution is 7.13. The van der Waals surface area contributed by atoms with Crippen molar-refractivity contribution in [2.45, 2.75) is 45.1 Å². The van der Waals surface area contributed by atoms with E-state index >= 15 is 0 Å². The topological polar surface area (TPSA) is 96.1 Å². The molecule has 2 amide bonds. The molecule has 0 unspecified atom stereocenters. The third kappa shape index (κ3) is 4.97. The van der Waals surface area contributed by atoms with Crippen molar-refractivity contribution >= 4 is 45.7 Å². The van der Waals surface area contributed by atoms with E-state index in [0.29, 0.717) is 22.9 Å². The van der Waals surface area contributed by atoms with Crippen molar-refractivity contribution < 1.29 is 14.3 Å². The molecule has 2 aromatic carbocycles. The number of nitrogens with zero attached hydrogens (tertiary/aromatic N) is 1. The summed E-state index contributed by atoms with van der Waals surface area (Å²) in [6.07, 6.45) is 1.72. The molecule has 0 saturated heterocycles. The van der Waals surface area contributed by atoms with Crippen LogP contribution in [0.3, 0.4) is 0 Å². The van der Waals surface area contributed by atoms with Gasteiger partial charge in [0, 0.05) is 16.4 Å². The predicted molar refractivity (Wildman–Crippen MR) is 136 cm³/mol. The van der Waals surface area contributed by atoms with Crippen LogP contribution in [0.25, 0.3) is 21.5 Å². The number of nitrogens with one attached hydrogen (secondary N) is 3. The molecular formula is C26H26N4O3S. The van der Waals surface area contributed by atoms with Crippen LogP contribution >= 0.6 is 11.3 Å². The number of ether oxygens (including phenoxy) is 1. The minimum absolute atomic E-state index is 0.278. The molecule has 2 heterocycles. The number of aromatic nitrogens is 2. The van der Waals surface area contributed by atoms with Crippen LogP contribution in [0.15, 0.2) is 53.9 Å². The summed E-state index contributed by atoms with van der Waals surface area (Å²) < 4.78 is 5.39. The molecule has 1 aliphatic carbocycles. The maximum absolute atomic E-state index is 13.2. The molecule has 4 aromatic rings. The quantitative estimate of drug-likeness (QED) is 0.297. The molecule has 0 aliphatic heterocycles. The largest absolute Gasteiger partial charge is 0.444 e. The Balaban J connectivity index is 1.43. The molecular weight excluding hydrogens is 448 g/mol. The zero-order valence-corrected chi connectivity index (χ0v) is 20.1. The van der Waals surface area contributed by atoms with Crippen LogP contribution in [0.2, 0.25) is 0 Å². The number of thiophene rings is 1. The number of carbonyl (C=O) groups excluding carboxylic acids is 2. The smallest absolute Gasteiger partial charge is 0.412 e. The van der Waals surface area contributed by atoms with Gasteiger partial charge in [-0.2, -0.15) is 0 Å². The van der Waals surface area contributed by atoms with Crippen molar-refractivity contribution in [2.75, 3.05) is 10.6 Å². The second kappa shape index (κ2) is 8.61. The van der Waals surface area contributed by atoms with Crippen molar-refractivity contribution in [3.8, 4) is 10.4 Å². The fourth-order valence-electron chi connectivity index (χ4n) is 3.68. The Kier molecular flexibility index (Phi) is 5.61. The Morgan fingerprint density at radius 1 is 1.06 bits per heavy atom. The highest BCUT2D eigenvalue weighted by Gasteiger charge is 2.27. The van der Waals surface area contributed by atoms with Gasteiger partial charge in [-0.15, -0.1) is 11.3 Å². The number of H-pyrrole nitrogens is 1. The number of carbonyl (C=O) groups is 2. The van der Waals surface area contributed by atoms with E-state index in [1.165, 1.54) is 0 Å². The van der Waals surface area contributed by atoms with E-state index in [1.807, 2.05) is 41.8 Å². The lowest BCUT2D eigenvalue weighted by molar-refractivity contribution is 0.0635. The lowest BCUT2D eigenvalue weighted by atomic mass is 10.1. The van der Waals surface area contributed by atoms with Crippen molar-refractivity contribution in [2.24, 2.45) is 0 Å². The van der Waals surface area contributed by atoms with E-state index in [9.17, 15) is 9.59 Å². The molecule has 0 atom stereocenters. The molecule has 3 N–H and O–H groups in total. The zero-order valence-electron chi connectivity index (χ0n) is 19.3. The number of anilines is 2. The van der Waals surface area contributed by atoms with Crippen LogP contribution in [0.1, 0.15) is 55.7 Å². The summed E-state index contributed by atoms with van der Waals surface area (Å²) in [5.41, 5.74) is 3.45. The summed E-state index contributed by atoms with van der Waals surface area (Å²) in [6, 6.07) is 15.0. The van der Waals surface area contributed by atoms with Crippen LogP contribution in [0.4, 0.5) is 16.2 Å². The van der Waals surface area contributed by atoms with Gasteiger partial charge in [0.15, 0.2) is 0 Å². The van der Waals surface area contributed by atoms with Crippen LogP contribution in [0, 0.1) is 0 Å². The van der Waals surface area contributed by atoms with Gasteiger partial charge in [0.2, 0.25) is 0 Å². The molecule has 5 rings (SSSR count). The zero-order chi connectivity index (χ0) is 23.9. The van der Waals surface area contributed by atoms with Crippen molar-refractivity contribution in [1.29, 1.82) is 0 Å². The number of hydrogen-bond acceptors (Lipinski definition) is 5. The second-order valence-electron chi connectivity index (χ2n) is 9.45. The van der Waals surface area contributed by atoms with Crippen LogP contribution < -0.4 is 10.6 Å². The van der Waals surface area contributed by atoms with Gasteiger partial charge in [-0.1, -0.05) is 12.1 Å². The molecule has 1 fully saturated rings. The van der Waals surface area contributed by atoms with E-state index in [0.717, 1.165) is 40.1 Å². The Morgan fingerprint density at radius 2 is 1.88 bits per heavy atom. The van der Waals surface area contributed by atoms with Gasteiger partial charge in [0.1, 0.15) is 11.4 Å². The monoisotopic (exact) mass is 474 g/mol. The normalized spacial score (nSPS) is 13.6. The fourth-order valence-corrected chi connectivity index (χ4v) is 4.41. The van der Waals surface area contributed by atoms with Gasteiger partial charge in [0.05, 0.1) is 22.4 Å². The average molecular weight is 475 g/mol. The van der Waals surface area contributed by atoms with Gasteiger partial charge in [-0.3, -0.25) is 10.1 Å². The van der Waals surface area contributed by atoms with Gasteiger partial charge < -0.3 is 15.0 Å². The molecule has 0 spiro atoms. The molecule has 1 saturated carbocycles. The van der Waals surface area contributed by atoms with E-state index in [-0.39, 0.29) is 5.91 Å².